The third kappa shape index (κ3) is 3.42. The molecule has 2 aliphatic carbocycles. The van der Waals surface area contributed by atoms with Crippen molar-refractivity contribution in [2.24, 2.45) is 0 Å². The molecule has 0 bridgehead atoms. The summed E-state index contributed by atoms with van der Waals surface area (Å²) in [4.78, 5) is 22.9. The highest BCUT2D eigenvalue weighted by molar-refractivity contribution is 8.01. The first-order valence-corrected chi connectivity index (χ1v) is 11.0. The highest BCUT2D eigenvalue weighted by Crippen LogP contribution is 2.39. The summed E-state index contributed by atoms with van der Waals surface area (Å²) in [7, 11) is 0. The van der Waals surface area contributed by atoms with Gasteiger partial charge in [0.2, 0.25) is 0 Å². The summed E-state index contributed by atoms with van der Waals surface area (Å²) in [5.74, 6) is 0. The summed E-state index contributed by atoms with van der Waals surface area (Å²) in [5.41, 5.74) is 5.56. The number of hydrogen-bond donors (Lipinski definition) is 1. The van der Waals surface area contributed by atoms with Crippen LogP contribution in [0.4, 0.5) is 0 Å². The zero-order chi connectivity index (χ0) is 20.5. The molecular formula is C26H21NO2S. The van der Waals surface area contributed by atoms with Crippen LogP contribution in [0.25, 0.3) is 11.1 Å². The number of carbonyl (C=O) groups excluding carboxylic acids is 2. The molecule has 1 aliphatic heterocycles. The lowest BCUT2D eigenvalue weighted by Crippen LogP contribution is -2.52. The van der Waals surface area contributed by atoms with E-state index in [1.165, 1.54) is 0 Å². The van der Waals surface area contributed by atoms with Crippen LogP contribution in [0.15, 0.2) is 85.0 Å². The second-order valence-electron chi connectivity index (χ2n) is 7.66. The molecule has 2 aromatic carbocycles. The van der Waals surface area contributed by atoms with E-state index in [4.69, 9.17) is 0 Å². The molecule has 3 nitrogen and oxygen atoms in total. The van der Waals surface area contributed by atoms with Crippen molar-refractivity contribution in [2.45, 2.75) is 22.6 Å². The molecule has 2 aromatic rings. The molecule has 0 radical (unpaired) electrons. The van der Waals surface area contributed by atoms with E-state index in [9.17, 15) is 9.59 Å². The van der Waals surface area contributed by atoms with Gasteiger partial charge in [-0.1, -0.05) is 85.0 Å². The molecular weight excluding hydrogens is 390 g/mol. The van der Waals surface area contributed by atoms with Crippen molar-refractivity contribution < 1.29 is 9.59 Å². The Kier molecular flexibility index (Phi) is 5.11. The molecule has 5 rings (SSSR count). The van der Waals surface area contributed by atoms with Gasteiger partial charge in [-0.15, -0.1) is 11.8 Å². The minimum atomic E-state index is 0.255. The molecule has 148 valence electrons. The Labute approximate surface area is 180 Å². The molecule has 4 unspecified atom stereocenters. The number of fused-ring (bicyclic) bond motifs is 2. The summed E-state index contributed by atoms with van der Waals surface area (Å²) in [6.07, 6.45) is 15.0. The number of benzene rings is 2. The number of carbonyl (C=O) groups is 2. The van der Waals surface area contributed by atoms with E-state index in [0.29, 0.717) is 11.1 Å². The Bertz CT molecular complexity index is 1040. The third-order valence-electron chi connectivity index (χ3n) is 5.86. The fourth-order valence-electron chi connectivity index (χ4n) is 4.34. The number of rotatable bonds is 4. The van der Waals surface area contributed by atoms with E-state index in [-0.39, 0.29) is 22.6 Å². The number of nitrogens with one attached hydrogen (secondary N) is 1. The van der Waals surface area contributed by atoms with E-state index >= 15 is 0 Å². The fraction of sp³-hybridized carbons (Fsp3) is 0.154. The van der Waals surface area contributed by atoms with Crippen molar-refractivity contribution in [1.82, 2.24) is 5.32 Å². The minimum Gasteiger partial charge on any atom is -0.302 e. The van der Waals surface area contributed by atoms with Crippen molar-refractivity contribution in [3.63, 3.8) is 0 Å². The number of thioether (sulfide) groups is 1. The standard InChI is InChI=1S/C26H21NO2S/c28-15-19-5-1-3-7-21(19)17-9-11-23-25(13-17)30-26-14-18(10-12-24(26)27-23)22-8-4-2-6-20(22)16-29/h1-16,23-27H. The predicted octanol–water partition coefficient (Wildman–Crippen LogP) is 4.73. The lowest BCUT2D eigenvalue weighted by atomic mass is 9.91. The van der Waals surface area contributed by atoms with Gasteiger partial charge in [0.15, 0.2) is 12.6 Å². The predicted molar refractivity (Wildman–Crippen MR) is 124 cm³/mol. The van der Waals surface area contributed by atoms with Gasteiger partial charge < -0.3 is 5.32 Å². The Morgan fingerprint density at radius 2 is 1.17 bits per heavy atom. The number of allylic oxidation sites excluding steroid dienone is 4. The SMILES string of the molecule is O=Cc1ccccc1C1=CC2SC3C=C(c4ccccc4C=O)C=CC3NC2C=C1. The quantitative estimate of drug-likeness (QED) is 0.739. The van der Waals surface area contributed by atoms with Crippen molar-refractivity contribution in [2.75, 3.05) is 0 Å². The van der Waals surface area contributed by atoms with Crippen LogP contribution < -0.4 is 5.32 Å². The van der Waals surface area contributed by atoms with E-state index in [2.05, 4.69) is 41.8 Å². The fourth-order valence-corrected chi connectivity index (χ4v) is 5.83. The lowest BCUT2D eigenvalue weighted by molar-refractivity contribution is 0.111. The first-order valence-electron chi connectivity index (χ1n) is 10.1. The molecule has 4 atom stereocenters. The van der Waals surface area contributed by atoms with E-state index in [1.54, 1.807) is 0 Å². The Morgan fingerprint density at radius 3 is 1.63 bits per heavy atom. The number of hydrogen-bond acceptors (Lipinski definition) is 4. The zero-order valence-electron chi connectivity index (χ0n) is 16.3. The molecule has 30 heavy (non-hydrogen) atoms. The normalized spacial score (nSPS) is 26.8. The Morgan fingerprint density at radius 1 is 0.700 bits per heavy atom. The van der Waals surface area contributed by atoms with E-state index in [1.807, 2.05) is 60.3 Å². The summed E-state index contributed by atoms with van der Waals surface area (Å²) in [6.45, 7) is 0. The van der Waals surface area contributed by atoms with Crippen LogP contribution in [0.3, 0.4) is 0 Å². The zero-order valence-corrected chi connectivity index (χ0v) is 17.1. The molecule has 0 spiro atoms. The first-order chi connectivity index (χ1) is 14.8. The maximum atomic E-state index is 11.5. The van der Waals surface area contributed by atoms with Gasteiger partial charge in [0, 0.05) is 33.7 Å². The summed E-state index contributed by atoms with van der Waals surface area (Å²) in [6, 6.07) is 15.9. The molecule has 0 amide bonds. The molecule has 3 aliphatic rings. The largest absolute Gasteiger partial charge is 0.302 e. The average molecular weight is 412 g/mol. The van der Waals surface area contributed by atoms with Crippen molar-refractivity contribution in [3.8, 4) is 0 Å². The second-order valence-corrected chi connectivity index (χ2v) is 9.02. The molecule has 1 fully saturated rings. The molecule has 1 heterocycles. The smallest absolute Gasteiger partial charge is 0.150 e. The Balaban J connectivity index is 1.44. The summed E-state index contributed by atoms with van der Waals surface area (Å²) in [5, 5.41) is 4.28. The van der Waals surface area contributed by atoms with Crippen LogP contribution in [0.1, 0.15) is 31.8 Å². The van der Waals surface area contributed by atoms with Crippen molar-refractivity contribution in [3.05, 3.63) is 107 Å². The molecule has 1 saturated heterocycles. The second kappa shape index (κ2) is 8.05. The van der Waals surface area contributed by atoms with Crippen LogP contribution in [-0.4, -0.2) is 35.2 Å². The van der Waals surface area contributed by atoms with Gasteiger partial charge in [-0.05, 0) is 22.3 Å². The van der Waals surface area contributed by atoms with Crippen LogP contribution in [0, 0.1) is 0 Å². The molecule has 4 heteroatoms. The monoisotopic (exact) mass is 411 g/mol. The molecule has 0 aromatic heterocycles. The maximum absolute atomic E-state index is 11.5. The molecule has 1 N–H and O–H groups in total. The van der Waals surface area contributed by atoms with Crippen LogP contribution in [0.2, 0.25) is 0 Å². The van der Waals surface area contributed by atoms with Gasteiger partial charge in [-0.2, -0.15) is 0 Å². The Hall–Kier alpha value is -2.95. The van der Waals surface area contributed by atoms with Gasteiger partial charge in [0.25, 0.3) is 0 Å². The van der Waals surface area contributed by atoms with Gasteiger partial charge in [-0.3, -0.25) is 9.59 Å². The lowest BCUT2D eigenvalue weighted by Gasteiger charge is -2.41. The van der Waals surface area contributed by atoms with Crippen molar-refractivity contribution in [1.29, 1.82) is 0 Å². The van der Waals surface area contributed by atoms with Gasteiger partial charge in [0.1, 0.15) is 0 Å². The van der Waals surface area contributed by atoms with E-state index < -0.39 is 0 Å². The topological polar surface area (TPSA) is 46.2 Å². The minimum absolute atomic E-state index is 0.255. The van der Waals surface area contributed by atoms with Gasteiger partial charge >= 0.3 is 0 Å². The maximum Gasteiger partial charge on any atom is 0.150 e. The average Bonchev–Trinajstić information content (AvgIpc) is 2.82. The first kappa shape index (κ1) is 19.0. The van der Waals surface area contributed by atoms with Crippen LogP contribution >= 0.6 is 11.8 Å². The van der Waals surface area contributed by atoms with E-state index in [0.717, 1.165) is 34.8 Å². The number of aldehydes is 2. The van der Waals surface area contributed by atoms with Crippen LogP contribution in [-0.2, 0) is 0 Å². The van der Waals surface area contributed by atoms with Gasteiger partial charge in [-0.25, -0.2) is 0 Å². The van der Waals surface area contributed by atoms with Crippen LogP contribution in [0.5, 0.6) is 0 Å². The van der Waals surface area contributed by atoms with Crippen molar-refractivity contribution >= 4 is 35.5 Å². The third-order valence-corrected chi connectivity index (χ3v) is 7.35. The van der Waals surface area contributed by atoms with Gasteiger partial charge in [0.05, 0.1) is 0 Å². The highest BCUT2D eigenvalue weighted by Gasteiger charge is 2.36. The summed E-state index contributed by atoms with van der Waals surface area (Å²) < 4.78 is 0. The summed E-state index contributed by atoms with van der Waals surface area (Å²) >= 11 is 1.93. The highest BCUT2D eigenvalue weighted by atomic mass is 32.2. The molecule has 0 saturated carbocycles.